The fourth-order valence-corrected chi connectivity index (χ4v) is 3.09. The number of esters is 1. The molecule has 0 saturated carbocycles. The number of hydrogen-bond acceptors (Lipinski definition) is 5. The van der Waals surface area contributed by atoms with Gasteiger partial charge >= 0.3 is 12.0 Å². The van der Waals surface area contributed by atoms with E-state index in [0.717, 1.165) is 0 Å². The Balaban J connectivity index is 2.63. The molecule has 1 heterocycles. The van der Waals surface area contributed by atoms with Crippen LogP contribution in [0.25, 0.3) is 0 Å². The molecule has 0 fully saturated rings. The van der Waals surface area contributed by atoms with E-state index in [0.29, 0.717) is 24.4 Å². The number of nitrogens with zero attached hydrogens (tertiary/aromatic N) is 1. The third kappa shape index (κ3) is 3.51. The van der Waals surface area contributed by atoms with Crippen molar-refractivity contribution in [1.82, 2.24) is 10.2 Å². The maximum atomic E-state index is 12.4. The van der Waals surface area contributed by atoms with Crippen molar-refractivity contribution in [2.24, 2.45) is 0 Å². The summed E-state index contributed by atoms with van der Waals surface area (Å²) in [4.78, 5) is 26.2. The number of carbonyl (C=O) groups excluding carboxylic acids is 2. The second kappa shape index (κ2) is 7.65. The summed E-state index contributed by atoms with van der Waals surface area (Å²) < 4.78 is 10.3. The van der Waals surface area contributed by atoms with E-state index in [2.05, 4.69) is 5.32 Å². The number of nitrogens with one attached hydrogen (secondary N) is 1. The second-order valence-corrected chi connectivity index (χ2v) is 5.80. The summed E-state index contributed by atoms with van der Waals surface area (Å²) in [6, 6.07) is 1.68. The number of urea groups is 1. The molecule has 136 valence electrons. The van der Waals surface area contributed by atoms with Gasteiger partial charge in [-0.2, -0.15) is 0 Å². The smallest absolute Gasteiger partial charge is 0.337 e. The van der Waals surface area contributed by atoms with Gasteiger partial charge in [0.25, 0.3) is 0 Å². The number of amides is 2. The van der Waals surface area contributed by atoms with Gasteiger partial charge in [0, 0.05) is 23.9 Å². The number of ether oxygens (including phenoxy) is 2. The number of allylic oxidation sites excluding steroid dienone is 1. The molecule has 0 spiro atoms. The van der Waals surface area contributed by atoms with Crippen molar-refractivity contribution in [3.8, 4) is 11.5 Å². The van der Waals surface area contributed by atoms with Crippen LogP contribution in [-0.2, 0) is 9.53 Å². The van der Waals surface area contributed by atoms with E-state index >= 15 is 0 Å². The lowest BCUT2D eigenvalue weighted by Gasteiger charge is -2.35. The summed E-state index contributed by atoms with van der Waals surface area (Å²) in [5.41, 5.74) is 1.20. The van der Waals surface area contributed by atoms with Crippen LogP contribution < -0.4 is 10.1 Å². The topological polar surface area (TPSA) is 88.1 Å². The number of methoxy groups -OCH3 is 1. The molecule has 2 rings (SSSR count). The third-order valence-electron chi connectivity index (χ3n) is 4.01. The zero-order valence-electron chi connectivity index (χ0n) is 14.6. The highest BCUT2D eigenvalue weighted by Gasteiger charge is 2.37. The van der Waals surface area contributed by atoms with Gasteiger partial charge in [0.2, 0.25) is 0 Å². The molecular formula is C17H21ClN2O5. The summed E-state index contributed by atoms with van der Waals surface area (Å²) >= 11 is 6.26. The molecular weight excluding hydrogens is 348 g/mol. The first-order valence-corrected chi connectivity index (χ1v) is 8.25. The van der Waals surface area contributed by atoms with E-state index in [-0.39, 0.29) is 28.1 Å². The van der Waals surface area contributed by atoms with Crippen molar-refractivity contribution in [2.75, 3.05) is 20.3 Å². The number of aromatic hydroxyl groups is 1. The molecule has 0 unspecified atom stereocenters. The van der Waals surface area contributed by atoms with Crippen LogP contribution in [-0.4, -0.2) is 42.3 Å². The predicted molar refractivity (Wildman–Crippen MR) is 92.7 cm³/mol. The lowest BCUT2D eigenvalue weighted by atomic mass is 9.94. The van der Waals surface area contributed by atoms with Crippen molar-refractivity contribution in [1.29, 1.82) is 0 Å². The lowest BCUT2D eigenvalue weighted by Crippen LogP contribution is -2.47. The van der Waals surface area contributed by atoms with Gasteiger partial charge in [-0.25, -0.2) is 9.59 Å². The fourth-order valence-electron chi connectivity index (χ4n) is 2.82. The molecule has 0 saturated heterocycles. The second-order valence-electron chi connectivity index (χ2n) is 5.39. The Bertz CT molecular complexity index is 732. The standard InChI is InChI=1S/C17H21ClN2O5/c1-5-20-9(3)14(16(22)24-4)15(19-17(20)23)10-7-13(25-6-2)12(21)8-11(10)18/h7-8,15,21H,5-6H2,1-4H3,(H,19,23)/t15-/m1/s1. The lowest BCUT2D eigenvalue weighted by molar-refractivity contribution is -0.136. The normalized spacial score (nSPS) is 17.4. The van der Waals surface area contributed by atoms with Gasteiger partial charge in [-0.3, -0.25) is 4.90 Å². The monoisotopic (exact) mass is 368 g/mol. The first-order valence-electron chi connectivity index (χ1n) is 7.87. The number of phenols is 1. The minimum atomic E-state index is -0.810. The molecule has 7 nitrogen and oxygen atoms in total. The minimum absolute atomic E-state index is 0.117. The molecule has 2 amide bonds. The van der Waals surface area contributed by atoms with Crippen LogP contribution in [0.2, 0.25) is 5.02 Å². The molecule has 1 aliphatic rings. The predicted octanol–water partition coefficient (Wildman–Crippen LogP) is 2.98. The van der Waals surface area contributed by atoms with Gasteiger partial charge < -0.3 is 19.9 Å². The van der Waals surface area contributed by atoms with Gasteiger partial charge in [-0.1, -0.05) is 11.6 Å². The Morgan fingerprint density at radius 1 is 1.40 bits per heavy atom. The van der Waals surface area contributed by atoms with Crippen molar-refractivity contribution < 1.29 is 24.2 Å². The van der Waals surface area contributed by atoms with Crippen LogP contribution in [0.5, 0.6) is 11.5 Å². The highest BCUT2D eigenvalue weighted by atomic mass is 35.5. The average molecular weight is 369 g/mol. The third-order valence-corrected chi connectivity index (χ3v) is 4.33. The van der Waals surface area contributed by atoms with Crippen LogP contribution in [0.1, 0.15) is 32.4 Å². The Labute approximate surface area is 151 Å². The van der Waals surface area contributed by atoms with Crippen molar-refractivity contribution in [2.45, 2.75) is 26.8 Å². The Morgan fingerprint density at radius 2 is 2.08 bits per heavy atom. The van der Waals surface area contributed by atoms with E-state index in [1.54, 1.807) is 20.8 Å². The van der Waals surface area contributed by atoms with Crippen LogP contribution in [0.15, 0.2) is 23.4 Å². The van der Waals surface area contributed by atoms with Gasteiger partial charge in [-0.15, -0.1) is 0 Å². The highest BCUT2D eigenvalue weighted by Crippen LogP contribution is 2.40. The Hall–Kier alpha value is -2.41. The highest BCUT2D eigenvalue weighted by molar-refractivity contribution is 6.31. The SMILES string of the molecule is CCOc1cc([C@H]2NC(=O)N(CC)C(C)=C2C(=O)OC)c(Cl)cc1O. The molecule has 1 aliphatic heterocycles. The molecule has 1 atom stereocenters. The molecule has 0 aliphatic carbocycles. The molecule has 8 heteroatoms. The Kier molecular flexibility index (Phi) is 5.79. The summed E-state index contributed by atoms with van der Waals surface area (Å²) in [5.74, 6) is -0.466. The zero-order valence-corrected chi connectivity index (χ0v) is 15.3. The molecule has 0 radical (unpaired) electrons. The van der Waals surface area contributed by atoms with Gasteiger partial charge in [0.1, 0.15) is 0 Å². The van der Waals surface area contributed by atoms with E-state index in [4.69, 9.17) is 21.1 Å². The first kappa shape index (κ1) is 18.9. The maximum Gasteiger partial charge on any atom is 0.337 e. The molecule has 2 N–H and O–H groups in total. The fraction of sp³-hybridized carbons (Fsp3) is 0.412. The van der Waals surface area contributed by atoms with Gasteiger partial charge in [0.15, 0.2) is 11.5 Å². The van der Waals surface area contributed by atoms with Crippen LogP contribution >= 0.6 is 11.6 Å². The van der Waals surface area contributed by atoms with E-state index in [1.165, 1.54) is 24.1 Å². The van der Waals surface area contributed by atoms with E-state index in [1.807, 2.05) is 0 Å². The van der Waals surface area contributed by atoms with Crippen molar-refractivity contribution >= 4 is 23.6 Å². The van der Waals surface area contributed by atoms with Crippen molar-refractivity contribution in [3.63, 3.8) is 0 Å². The Morgan fingerprint density at radius 3 is 2.64 bits per heavy atom. The average Bonchev–Trinajstić information content (AvgIpc) is 2.56. The van der Waals surface area contributed by atoms with Crippen LogP contribution in [0.4, 0.5) is 4.79 Å². The number of rotatable bonds is 5. The van der Waals surface area contributed by atoms with Crippen LogP contribution in [0.3, 0.4) is 0 Å². The molecule has 0 bridgehead atoms. The molecule has 1 aromatic rings. The zero-order chi connectivity index (χ0) is 18.7. The number of benzene rings is 1. The summed E-state index contributed by atoms with van der Waals surface area (Å²) in [5, 5.41) is 12.9. The van der Waals surface area contributed by atoms with Crippen molar-refractivity contribution in [3.05, 3.63) is 34.0 Å². The van der Waals surface area contributed by atoms with E-state index < -0.39 is 12.0 Å². The quantitative estimate of drug-likeness (QED) is 0.780. The summed E-state index contributed by atoms with van der Waals surface area (Å²) in [7, 11) is 1.27. The first-order chi connectivity index (χ1) is 11.8. The number of hydrogen-bond donors (Lipinski definition) is 2. The van der Waals surface area contributed by atoms with Gasteiger partial charge in [0.05, 0.1) is 30.4 Å². The number of halogens is 1. The number of carbonyl (C=O) groups is 2. The molecule has 1 aromatic carbocycles. The minimum Gasteiger partial charge on any atom is -0.504 e. The largest absolute Gasteiger partial charge is 0.504 e. The summed E-state index contributed by atoms with van der Waals surface area (Å²) in [6.07, 6.45) is 0. The van der Waals surface area contributed by atoms with Gasteiger partial charge in [-0.05, 0) is 26.8 Å². The number of phenolic OH excluding ortho intramolecular Hbond substituents is 1. The molecule has 0 aromatic heterocycles. The van der Waals surface area contributed by atoms with Crippen LogP contribution in [0, 0.1) is 0 Å². The maximum absolute atomic E-state index is 12.4. The van der Waals surface area contributed by atoms with E-state index in [9.17, 15) is 14.7 Å². The molecule has 25 heavy (non-hydrogen) atoms. The summed E-state index contributed by atoms with van der Waals surface area (Å²) in [6.45, 7) is 6.00.